The number of esters is 4. The van der Waals surface area contributed by atoms with Gasteiger partial charge in [0.25, 0.3) is 0 Å². The second kappa shape index (κ2) is 64.5. The van der Waals surface area contributed by atoms with Crippen molar-refractivity contribution in [1.29, 1.82) is 0 Å². The molecule has 5 aromatic carbocycles. The maximum atomic E-state index is 13.0. The molecular formula is C106H154O20. The van der Waals surface area contributed by atoms with Crippen molar-refractivity contribution in [3.8, 4) is 34.5 Å². The summed E-state index contributed by atoms with van der Waals surface area (Å²) in [5, 5.41) is 10.7. The van der Waals surface area contributed by atoms with Gasteiger partial charge in [0.15, 0.2) is 6.29 Å². The van der Waals surface area contributed by atoms with E-state index >= 15 is 0 Å². The fraction of sp³-hybridized carbons (Fsp3) is 0.651. The maximum Gasteiger partial charge on any atom is 0.343 e. The van der Waals surface area contributed by atoms with E-state index in [4.69, 9.17) is 56.8 Å². The van der Waals surface area contributed by atoms with E-state index in [1.807, 2.05) is 54.6 Å². The van der Waals surface area contributed by atoms with Crippen LogP contribution in [0.3, 0.4) is 0 Å². The molecule has 1 heterocycles. The lowest BCUT2D eigenvalue weighted by molar-refractivity contribution is -0.162. The molecule has 0 radical (unpaired) electrons. The van der Waals surface area contributed by atoms with Crippen LogP contribution in [0.15, 0.2) is 109 Å². The molecule has 0 spiro atoms. The van der Waals surface area contributed by atoms with Crippen LogP contribution in [0.1, 0.15) is 388 Å². The number of carboxylic acids is 1. The van der Waals surface area contributed by atoms with E-state index in [0.29, 0.717) is 141 Å². The van der Waals surface area contributed by atoms with Crippen LogP contribution in [0.25, 0.3) is 0 Å². The third-order valence-electron chi connectivity index (χ3n) is 25.1. The van der Waals surface area contributed by atoms with Crippen LogP contribution in [0.2, 0.25) is 0 Å². The van der Waals surface area contributed by atoms with Crippen molar-refractivity contribution in [3.05, 3.63) is 143 Å². The number of carboxylic acid groups (broad SMARTS) is 1. The lowest BCUT2D eigenvalue weighted by Crippen LogP contribution is -2.22. The second-order valence-electron chi connectivity index (χ2n) is 35.3. The lowest BCUT2D eigenvalue weighted by Gasteiger charge is -2.29. The lowest BCUT2D eigenvalue weighted by atomic mass is 9.77. The number of unbranched alkanes of at least 4 members (excludes halogenated alkanes) is 27. The van der Waals surface area contributed by atoms with Crippen LogP contribution in [-0.4, -0.2) is 132 Å². The fourth-order valence-electron chi connectivity index (χ4n) is 17.4. The predicted molar refractivity (Wildman–Crippen MR) is 494 cm³/mol. The van der Waals surface area contributed by atoms with Gasteiger partial charge in [-0.25, -0.2) is 14.4 Å². The first-order valence-electron chi connectivity index (χ1n) is 49.3. The monoisotopic (exact) mass is 1750 g/mol. The molecule has 8 rings (SSSR count). The number of benzene rings is 5. The highest BCUT2D eigenvalue weighted by Gasteiger charge is 2.27. The third-order valence-corrected chi connectivity index (χ3v) is 25.1. The normalized spacial score (nSPS) is 16.9. The second-order valence-corrected chi connectivity index (χ2v) is 35.3. The number of hydrogen-bond acceptors (Lipinski definition) is 19. The highest BCUT2D eigenvalue weighted by atomic mass is 16.7. The standard InChI is InChI=1S/C106H154O20/c1-3-5-25-39-83-43-47-85(48-44-83)87-51-63-93(64-52-87)125-105(113)89-55-59-91(60-56-89)115-69-29-16-7-9-18-31-71-117-95(81-107)79-100(109)121-75-35-22-13-11-20-33-73-119-98-67-68-99(103(104(111)112)97(98)41-27-15-24-37-77-123-102-42-28-38-78-124-102)120-74-34-21-12-14-23-36-76-122-101(110)80-96(82-108)118-72-32-19-10-8-17-30-70-116-92-61-57-90(58-62-92)106(114)126-94-65-53-88(54-66-94)86-49-45-84(46-50-86)40-26-6-4-2/h51-68,81-86,95-96,102H,3-50,69-80H2,1-2H3,(H,111,112)/t83-,84-,85-,86-,95?,96?,102?. The Balaban J connectivity index is 0.595. The number of aldehydes is 2. The van der Waals surface area contributed by atoms with Gasteiger partial charge in [-0.05, 0) is 261 Å². The molecule has 3 aliphatic rings. The number of rotatable bonds is 71. The van der Waals surface area contributed by atoms with Gasteiger partial charge >= 0.3 is 29.8 Å². The number of carbonyl (C=O) groups is 7. The van der Waals surface area contributed by atoms with Crippen molar-refractivity contribution in [2.75, 3.05) is 66.1 Å². The summed E-state index contributed by atoms with van der Waals surface area (Å²) in [5.74, 6) is 3.65. The Morgan fingerprint density at radius 3 is 1.13 bits per heavy atom. The molecule has 3 atom stereocenters. The smallest absolute Gasteiger partial charge is 0.343 e. The number of aromatic carboxylic acids is 1. The van der Waals surface area contributed by atoms with Crippen LogP contribution in [-0.2, 0) is 54.0 Å². The minimum atomic E-state index is -1.05. The van der Waals surface area contributed by atoms with Crippen LogP contribution in [0.4, 0.5) is 0 Å². The quantitative estimate of drug-likeness (QED) is 0.0164. The van der Waals surface area contributed by atoms with Crippen molar-refractivity contribution < 1.29 is 95.5 Å². The van der Waals surface area contributed by atoms with Crippen molar-refractivity contribution in [3.63, 3.8) is 0 Å². The van der Waals surface area contributed by atoms with E-state index in [1.165, 1.54) is 114 Å². The van der Waals surface area contributed by atoms with Crippen LogP contribution >= 0.6 is 0 Å². The minimum Gasteiger partial charge on any atom is -0.494 e. The zero-order valence-corrected chi connectivity index (χ0v) is 76.7. The predicted octanol–water partition coefficient (Wildman–Crippen LogP) is 25.5. The molecule has 20 heteroatoms. The molecule has 20 nitrogen and oxygen atoms in total. The Hall–Kier alpha value is -8.17. The first-order chi connectivity index (χ1) is 61.9. The van der Waals surface area contributed by atoms with Crippen molar-refractivity contribution >= 4 is 42.4 Å². The molecule has 1 aliphatic heterocycles. The molecule has 3 fully saturated rings. The first-order valence-corrected chi connectivity index (χ1v) is 49.3. The maximum absolute atomic E-state index is 13.0. The fourth-order valence-corrected chi connectivity index (χ4v) is 17.4. The highest BCUT2D eigenvalue weighted by molar-refractivity contribution is 5.94. The average molecular weight is 1750 g/mol. The van der Waals surface area contributed by atoms with E-state index in [9.17, 15) is 38.7 Å². The zero-order chi connectivity index (χ0) is 88.9. The van der Waals surface area contributed by atoms with Gasteiger partial charge < -0.3 is 71.5 Å². The van der Waals surface area contributed by atoms with Gasteiger partial charge in [0.2, 0.25) is 0 Å². The molecule has 0 amide bonds. The first kappa shape index (κ1) is 103. The Morgan fingerprint density at radius 1 is 0.373 bits per heavy atom. The molecule has 0 bridgehead atoms. The summed E-state index contributed by atoms with van der Waals surface area (Å²) in [6.07, 6.45) is 49.2. The van der Waals surface area contributed by atoms with Gasteiger partial charge in [-0.1, -0.05) is 205 Å². The van der Waals surface area contributed by atoms with E-state index in [0.717, 1.165) is 205 Å². The molecule has 1 saturated heterocycles. The molecule has 1 N–H and O–H groups in total. The van der Waals surface area contributed by atoms with Crippen LogP contribution < -0.4 is 28.4 Å². The number of hydrogen-bond donors (Lipinski definition) is 1. The SMILES string of the molecule is CCCCC[C@H]1CC[C@H](c2ccc(OC(=O)c3ccc(OCCCCCCCCOC(C=O)CC(=O)OCCCCCCCCOc4ccc(OCCCCCCCCOC(=O)CC(C=O)OCCCCCCCCOc5ccc(C(=O)Oc6ccc([C@H]7CC[C@H](CCCCC)CC7)cc6)cc5)c(C(=O)O)c4CCCCCCOC4CCCCO4)cc3)cc2)CC1. The largest absolute Gasteiger partial charge is 0.494 e. The van der Waals surface area contributed by atoms with Gasteiger partial charge in [0, 0.05) is 32.0 Å². The van der Waals surface area contributed by atoms with E-state index in [1.54, 1.807) is 30.3 Å². The van der Waals surface area contributed by atoms with E-state index < -0.39 is 30.1 Å². The Morgan fingerprint density at radius 2 is 0.738 bits per heavy atom. The average Bonchev–Trinajstić information content (AvgIpc) is 0.805. The Kier molecular flexibility index (Phi) is 52.9. The molecule has 126 heavy (non-hydrogen) atoms. The Bertz CT molecular complexity index is 3750. The summed E-state index contributed by atoms with van der Waals surface area (Å²) in [6, 6.07) is 33.9. The highest BCUT2D eigenvalue weighted by Crippen LogP contribution is 2.41. The topological polar surface area (TPSA) is 250 Å². The summed E-state index contributed by atoms with van der Waals surface area (Å²) in [4.78, 5) is 87.7. The summed E-state index contributed by atoms with van der Waals surface area (Å²) in [7, 11) is 0. The molecular weight excluding hydrogens is 1590 g/mol. The molecule has 2 saturated carbocycles. The summed E-state index contributed by atoms with van der Waals surface area (Å²) < 4.78 is 69.9. The summed E-state index contributed by atoms with van der Waals surface area (Å²) >= 11 is 0. The van der Waals surface area contributed by atoms with Gasteiger partial charge in [-0.3, -0.25) is 9.59 Å². The molecule has 3 unspecified atom stereocenters. The molecule has 698 valence electrons. The van der Waals surface area contributed by atoms with Gasteiger partial charge in [-0.15, -0.1) is 0 Å². The molecule has 5 aromatic rings. The van der Waals surface area contributed by atoms with Gasteiger partial charge in [-0.2, -0.15) is 0 Å². The van der Waals surface area contributed by atoms with Crippen molar-refractivity contribution in [1.82, 2.24) is 0 Å². The summed E-state index contributed by atoms with van der Waals surface area (Å²) in [6.45, 7) is 9.23. The third kappa shape index (κ3) is 42.8. The van der Waals surface area contributed by atoms with Crippen LogP contribution in [0, 0.1) is 11.8 Å². The number of carbonyl (C=O) groups excluding carboxylic acids is 6. The van der Waals surface area contributed by atoms with Crippen LogP contribution in [0.5, 0.6) is 34.5 Å². The zero-order valence-electron chi connectivity index (χ0n) is 76.7. The van der Waals surface area contributed by atoms with Crippen molar-refractivity contribution in [2.24, 2.45) is 11.8 Å². The molecule has 2 aliphatic carbocycles. The van der Waals surface area contributed by atoms with E-state index in [2.05, 4.69) is 38.1 Å². The van der Waals surface area contributed by atoms with Gasteiger partial charge in [0.1, 0.15) is 64.8 Å². The summed E-state index contributed by atoms with van der Waals surface area (Å²) in [5.41, 5.74) is 4.43. The minimum absolute atomic E-state index is 0.107. The Labute approximate surface area is 754 Å². The van der Waals surface area contributed by atoms with E-state index in [-0.39, 0.29) is 49.8 Å². The van der Waals surface area contributed by atoms with Gasteiger partial charge in [0.05, 0.1) is 63.6 Å². The molecule has 0 aromatic heterocycles. The van der Waals surface area contributed by atoms with Crippen molar-refractivity contribution in [2.45, 2.75) is 365 Å². The number of ether oxygens (including phenoxy) is 12.